The Labute approximate surface area is 148 Å². The third-order valence-electron chi connectivity index (χ3n) is 2.75. The molecule has 4 N–H and O–H groups in total. The fraction of sp³-hybridized carbons (Fsp3) is 0.462. The molecule has 0 saturated heterocycles. The van der Waals surface area contributed by atoms with E-state index < -0.39 is 10.0 Å². The molecule has 9 heteroatoms. The zero-order valence-electron chi connectivity index (χ0n) is 12.7. The van der Waals surface area contributed by atoms with E-state index in [0.29, 0.717) is 19.1 Å². The predicted octanol–water partition coefficient (Wildman–Crippen LogP) is 0.654. The van der Waals surface area contributed by atoms with Crippen LogP contribution in [0.4, 0.5) is 0 Å². The second-order valence-electron chi connectivity index (χ2n) is 4.39. The van der Waals surface area contributed by atoms with Gasteiger partial charge in [0.25, 0.3) is 0 Å². The first-order valence-corrected chi connectivity index (χ1v) is 8.07. The number of guanidine groups is 1. The smallest absolute Gasteiger partial charge is 0.238 e. The summed E-state index contributed by atoms with van der Waals surface area (Å²) in [5.74, 6) is 0.682. The molecule has 1 aromatic carbocycles. The normalized spacial score (nSPS) is 11.7. The van der Waals surface area contributed by atoms with Crippen molar-refractivity contribution in [2.24, 2.45) is 10.1 Å². The number of ether oxygens (including phenoxy) is 1. The molecule has 0 bridgehead atoms. The van der Waals surface area contributed by atoms with Gasteiger partial charge in [-0.15, -0.1) is 24.0 Å². The van der Waals surface area contributed by atoms with E-state index >= 15 is 0 Å². The number of hydrogen-bond acceptors (Lipinski definition) is 4. The standard InChI is InChI=1S/C13H22N4O3S.HI/c1-15-13(16-8-3-9-20-2)17-10-11-4-6-12(7-5-11)21(14,18)19;/h4-7H,3,8-10H2,1-2H3,(H2,14,18,19)(H2,15,16,17);1H. The van der Waals surface area contributed by atoms with E-state index in [1.165, 1.54) is 12.1 Å². The van der Waals surface area contributed by atoms with Crippen LogP contribution in [0.1, 0.15) is 12.0 Å². The molecule has 0 saturated carbocycles. The Morgan fingerprint density at radius 3 is 2.41 bits per heavy atom. The Morgan fingerprint density at radius 2 is 1.91 bits per heavy atom. The number of primary sulfonamides is 1. The number of benzene rings is 1. The Balaban J connectivity index is 0.00000441. The number of rotatable bonds is 7. The molecule has 0 spiro atoms. The van der Waals surface area contributed by atoms with Gasteiger partial charge in [0.1, 0.15) is 0 Å². The van der Waals surface area contributed by atoms with Crippen LogP contribution < -0.4 is 15.8 Å². The first-order chi connectivity index (χ1) is 9.97. The molecular formula is C13H23IN4O3S. The molecule has 0 radical (unpaired) electrons. The monoisotopic (exact) mass is 442 g/mol. The van der Waals surface area contributed by atoms with E-state index in [0.717, 1.165) is 18.5 Å². The van der Waals surface area contributed by atoms with Crippen molar-refractivity contribution in [3.63, 3.8) is 0 Å². The van der Waals surface area contributed by atoms with Gasteiger partial charge in [0, 0.05) is 33.9 Å². The number of nitrogens with zero attached hydrogens (tertiary/aromatic N) is 1. The van der Waals surface area contributed by atoms with Crippen LogP contribution >= 0.6 is 24.0 Å². The van der Waals surface area contributed by atoms with Gasteiger partial charge in [0.2, 0.25) is 10.0 Å². The summed E-state index contributed by atoms with van der Waals surface area (Å²) >= 11 is 0. The van der Waals surface area contributed by atoms with Crippen LogP contribution in [-0.2, 0) is 21.3 Å². The molecule has 1 rings (SSSR count). The van der Waals surface area contributed by atoms with Gasteiger partial charge < -0.3 is 15.4 Å². The van der Waals surface area contributed by atoms with Crippen molar-refractivity contribution in [2.45, 2.75) is 17.9 Å². The van der Waals surface area contributed by atoms with E-state index in [4.69, 9.17) is 9.88 Å². The maximum atomic E-state index is 11.2. The molecule has 0 atom stereocenters. The average molecular weight is 442 g/mol. The Morgan fingerprint density at radius 1 is 1.27 bits per heavy atom. The molecule has 0 unspecified atom stereocenters. The summed E-state index contributed by atoms with van der Waals surface area (Å²) in [6, 6.07) is 6.40. The number of aliphatic imine (C=N–C) groups is 1. The second kappa shape index (κ2) is 10.8. The zero-order chi connectivity index (χ0) is 15.7. The number of methoxy groups -OCH3 is 1. The van der Waals surface area contributed by atoms with Crippen molar-refractivity contribution in [3.05, 3.63) is 29.8 Å². The number of nitrogens with two attached hydrogens (primary N) is 1. The molecule has 1 aromatic rings. The van der Waals surface area contributed by atoms with Gasteiger partial charge in [-0.1, -0.05) is 12.1 Å². The van der Waals surface area contributed by atoms with Crippen molar-refractivity contribution >= 4 is 40.0 Å². The molecule has 0 aliphatic rings. The van der Waals surface area contributed by atoms with Gasteiger partial charge in [-0.25, -0.2) is 13.6 Å². The van der Waals surface area contributed by atoms with E-state index in [9.17, 15) is 8.42 Å². The highest BCUT2D eigenvalue weighted by Gasteiger charge is 2.06. The van der Waals surface area contributed by atoms with Gasteiger partial charge >= 0.3 is 0 Å². The molecule has 7 nitrogen and oxygen atoms in total. The Hall–Kier alpha value is -0.910. The van der Waals surface area contributed by atoms with Crippen LogP contribution in [0.5, 0.6) is 0 Å². The van der Waals surface area contributed by atoms with Gasteiger partial charge in [-0.3, -0.25) is 4.99 Å². The lowest BCUT2D eigenvalue weighted by molar-refractivity contribution is 0.195. The molecule has 22 heavy (non-hydrogen) atoms. The summed E-state index contributed by atoms with van der Waals surface area (Å²) in [7, 11) is -0.286. The molecule has 0 heterocycles. The molecule has 0 aliphatic heterocycles. The molecular weight excluding hydrogens is 419 g/mol. The largest absolute Gasteiger partial charge is 0.385 e. The number of sulfonamides is 1. The van der Waals surface area contributed by atoms with Crippen LogP contribution in [0.3, 0.4) is 0 Å². The molecule has 0 aromatic heterocycles. The van der Waals surface area contributed by atoms with Crippen molar-refractivity contribution in [3.8, 4) is 0 Å². The summed E-state index contributed by atoms with van der Waals surface area (Å²) in [5.41, 5.74) is 0.933. The Bertz CT molecular complexity index is 561. The summed E-state index contributed by atoms with van der Waals surface area (Å²) < 4.78 is 27.3. The fourth-order valence-corrected chi connectivity index (χ4v) is 2.14. The van der Waals surface area contributed by atoms with Crippen LogP contribution in [0.25, 0.3) is 0 Å². The zero-order valence-corrected chi connectivity index (χ0v) is 15.9. The first kappa shape index (κ1) is 21.1. The average Bonchev–Trinajstić information content (AvgIpc) is 2.46. The SMILES string of the molecule is CN=C(NCCCOC)NCc1ccc(S(N)(=O)=O)cc1.I. The van der Waals surface area contributed by atoms with Gasteiger partial charge in [0.05, 0.1) is 4.90 Å². The quantitative estimate of drug-likeness (QED) is 0.249. The summed E-state index contributed by atoms with van der Waals surface area (Å²) in [4.78, 5) is 4.20. The third kappa shape index (κ3) is 7.92. The van der Waals surface area contributed by atoms with E-state index in [2.05, 4.69) is 15.6 Å². The van der Waals surface area contributed by atoms with Gasteiger partial charge in [-0.2, -0.15) is 0 Å². The van der Waals surface area contributed by atoms with Crippen LogP contribution in [0.2, 0.25) is 0 Å². The lowest BCUT2D eigenvalue weighted by atomic mass is 10.2. The van der Waals surface area contributed by atoms with Crippen molar-refractivity contribution < 1.29 is 13.2 Å². The molecule has 0 amide bonds. The molecule has 126 valence electrons. The minimum atomic E-state index is -3.64. The summed E-state index contributed by atoms with van der Waals surface area (Å²) in [6.45, 7) is 1.99. The van der Waals surface area contributed by atoms with E-state index in [1.54, 1.807) is 26.3 Å². The summed E-state index contributed by atoms with van der Waals surface area (Å²) in [6.07, 6.45) is 0.889. The van der Waals surface area contributed by atoms with Gasteiger partial charge in [-0.05, 0) is 24.1 Å². The highest BCUT2D eigenvalue weighted by molar-refractivity contribution is 14.0. The molecule has 0 aliphatic carbocycles. The lowest BCUT2D eigenvalue weighted by Gasteiger charge is -2.12. The minimum Gasteiger partial charge on any atom is -0.385 e. The third-order valence-corrected chi connectivity index (χ3v) is 3.68. The highest BCUT2D eigenvalue weighted by Crippen LogP contribution is 2.08. The van der Waals surface area contributed by atoms with Crippen LogP contribution in [0, 0.1) is 0 Å². The predicted molar refractivity (Wildman–Crippen MR) is 97.9 cm³/mol. The van der Waals surface area contributed by atoms with Crippen molar-refractivity contribution in [1.82, 2.24) is 10.6 Å². The highest BCUT2D eigenvalue weighted by atomic mass is 127. The van der Waals surface area contributed by atoms with Crippen molar-refractivity contribution in [1.29, 1.82) is 0 Å². The minimum absolute atomic E-state index is 0. The maximum Gasteiger partial charge on any atom is 0.238 e. The molecule has 0 fully saturated rings. The maximum absolute atomic E-state index is 11.2. The number of halogens is 1. The van der Waals surface area contributed by atoms with Gasteiger partial charge in [0.15, 0.2) is 5.96 Å². The van der Waals surface area contributed by atoms with Crippen LogP contribution in [0.15, 0.2) is 34.2 Å². The number of hydrogen-bond donors (Lipinski definition) is 3. The van der Waals surface area contributed by atoms with E-state index in [-0.39, 0.29) is 28.9 Å². The van der Waals surface area contributed by atoms with Crippen molar-refractivity contribution in [2.75, 3.05) is 27.3 Å². The summed E-state index contributed by atoms with van der Waals surface area (Å²) in [5, 5.41) is 11.3. The first-order valence-electron chi connectivity index (χ1n) is 6.52. The second-order valence-corrected chi connectivity index (χ2v) is 5.95. The number of nitrogens with one attached hydrogen (secondary N) is 2. The fourth-order valence-electron chi connectivity index (χ4n) is 1.63. The topological polar surface area (TPSA) is 106 Å². The lowest BCUT2D eigenvalue weighted by Crippen LogP contribution is -2.37. The van der Waals surface area contributed by atoms with E-state index in [1.807, 2.05) is 0 Å². The van der Waals surface area contributed by atoms with Crippen LogP contribution in [-0.4, -0.2) is 41.7 Å². The Kier molecular flexibility index (Phi) is 10.3.